The number of benzene rings is 1. The molecule has 1 atom stereocenters. The molecule has 152 valence electrons. The number of aliphatic imine (C=N–C) groups is 1. The largest absolute Gasteiger partial charge is 0.378 e. The number of ether oxygens (including phenoxy) is 1. The third-order valence-electron chi connectivity index (χ3n) is 4.11. The Bertz CT molecular complexity index is 620. The first-order valence-electron chi connectivity index (χ1n) is 9.49. The van der Waals surface area contributed by atoms with Gasteiger partial charge in [0.1, 0.15) is 0 Å². The van der Waals surface area contributed by atoms with Gasteiger partial charge in [-0.3, -0.25) is 9.79 Å². The molecule has 0 heterocycles. The molecule has 0 aliphatic carbocycles. The van der Waals surface area contributed by atoms with Crippen molar-refractivity contribution < 1.29 is 9.53 Å². The molecule has 0 spiro atoms. The summed E-state index contributed by atoms with van der Waals surface area (Å²) in [5, 5.41) is 9.78. The van der Waals surface area contributed by atoms with Crippen molar-refractivity contribution >= 4 is 29.2 Å². The van der Waals surface area contributed by atoms with Crippen molar-refractivity contribution in [3.63, 3.8) is 0 Å². The molecular weight excluding hydrogens is 364 g/mol. The van der Waals surface area contributed by atoms with Crippen molar-refractivity contribution in [3.05, 3.63) is 28.8 Å². The fraction of sp³-hybridized carbons (Fsp3) is 0.600. The first-order chi connectivity index (χ1) is 12.9. The lowest BCUT2D eigenvalue weighted by Crippen LogP contribution is -2.40. The SMILES string of the molecule is CCOC(CCNC(=NC)NCCC(=O)Nc1ccc(C)cc1Cl)C(C)C. The topological polar surface area (TPSA) is 74.8 Å². The Balaban J connectivity index is 2.33. The number of carbonyl (C=O) groups excluding carboxylic acids is 1. The summed E-state index contributed by atoms with van der Waals surface area (Å²) >= 11 is 6.14. The van der Waals surface area contributed by atoms with Gasteiger partial charge in [0.2, 0.25) is 5.91 Å². The smallest absolute Gasteiger partial charge is 0.226 e. The quantitative estimate of drug-likeness (QED) is 0.417. The predicted molar refractivity (Wildman–Crippen MR) is 114 cm³/mol. The molecule has 0 radical (unpaired) electrons. The number of aryl methyl sites for hydroxylation is 1. The van der Waals surface area contributed by atoms with E-state index in [1.54, 1.807) is 7.05 Å². The van der Waals surface area contributed by atoms with E-state index in [4.69, 9.17) is 16.3 Å². The van der Waals surface area contributed by atoms with E-state index in [0.29, 0.717) is 35.6 Å². The van der Waals surface area contributed by atoms with Gasteiger partial charge in [-0.25, -0.2) is 0 Å². The molecule has 6 nitrogen and oxygen atoms in total. The number of nitrogens with one attached hydrogen (secondary N) is 3. The average molecular weight is 397 g/mol. The third kappa shape index (κ3) is 9.11. The minimum Gasteiger partial charge on any atom is -0.378 e. The van der Waals surface area contributed by atoms with E-state index < -0.39 is 0 Å². The third-order valence-corrected chi connectivity index (χ3v) is 4.43. The fourth-order valence-electron chi connectivity index (χ4n) is 2.61. The molecule has 0 fully saturated rings. The molecule has 1 unspecified atom stereocenters. The number of nitrogens with zero attached hydrogens (tertiary/aromatic N) is 1. The number of hydrogen-bond donors (Lipinski definition) is 3. The number of amides is 1. The molecule has 27 heavy (non-hydrogen) atoms. The molecular formula is C20H33ClN4O2. The molecule has 0 saturated heterocycles. The second kappa shape index (κ2) is 12.6. The summed E-state index contributed by atoms with van der Waals surface area (Å²) in [6, 6.07) is 5.55. The van der Waals surface area contributed by atoms with Gasteiger partial charge in [-0.1, -0.05) is 31.5 Å². The van der Waals surface area contributed by atoms with Crippen molar-refractivity contribution in [2.75, 3.05) is 32.1 Å². The normalized spacial score (nSPS) is 12.8. The molecule has 1 amide bonds. The van der Waals surface area contributed by atoms with Crippen LogP contribution in [0.1, 0.15) is 39.2 Å². The highest BCUT2D eigenvalue weighted by Gasteiger charge is 2.13. The van der Waals surface area contributed by atoms with Crippen molar-refractivity contribution in [2.45, 2.75) is 46.6 Å². The Morgan fingerprint density at radius 1 is 1.26 bits per heavy atom. The monoisotopic (exact) mass is 396 g/mol. The molecule has 3 N–H and O–H groups in total. The Hall–Kier alpha value is -1.79. The maximum Gasteiger partial charge on any atom is 0.226 e. The van der Waals surface area contributed by atoms with Gasteiger partial charge in [-0.2, -0.15) is 0 Å². The number of guanidine groups is 1. The van der Waals surface area contributed by atoms with E-state index in [-0.39, 0.29) is 12.0 Å². The van der Waals surface area contributed by atoms with Crippen molar-refractivity contribution in [1.29, 1.82) is 0 Å². The van der Waals surface area contributed by atoms with Crippen molar-refractivity contribution in [3.8, 4) is 0 Å². The number of anilines is 1. The van der Waals surface area contributed by atoms with Crippen LogP contribution in [-0.4, -0.2) is 44.7 Å². The van der Waals surface area contributed by atoms with Gasteiger partial charge in [0.25, 0.3) is 0 Å². The fourth-order valence-corrected chi connectivity index (χ4v) is 2.89. The van der Waals surface area contributed by atoms with Gasteiger partial charge >= 0.3 is 0 Å². The number of rotatable bonds is 10. The summed E-state index contributed by atoms with van der Waals surface area (Å²) in [4.78, 5) is 16.3. The van der Waals surface area contributed by atoms with Gasteiger partial charge in [0.05, 0.1) is 16.8 Å². The zero-order chi connectivity index (χ0) is 20.2. The summed E-state index contributed by atoms with van der Waals surface area (Å²) in [5.74, 6) is 1.05. The Labute approximate surface area is 168 Å². The second-order valence-corrected chi connectivity index (χ2v) is 7.14. The Morgan fingerprint density at radius 3 is 2.56 bits per heavy atom. The first-order valence-corrected chi connectivity index (χ1v) is 9.87. The summed E-state index contributed by atoms with van der Waals surface area (Å²) in [5.41, 5.74) is 1.68. The standard InChI is InChI=1S/C20H33ClN4O2/c1-6-27-18(14(2)3)9-11-23-20(22-5)24-12-10-19(26)25-17-8-7-15(4)13-16(17)21/h7-8,13-14,18H,6,9-12H2,1-5H3,(H,25,26)(H2,22,23,24). The first kappa shape index (κ1) is 23.2. The molecule has 0 saturated carbocycles. The molecule has 0 aliphatic heterocycles. The Morgan fingerprint density at radius 2 is 1.96 bits per heavy atom. The summed E-state index contributed by atoms with van der Waals surface area (Å²) in [7, 11) is 1.71. The molecule has 1 aromatic rings. The molecule has 0 bridgehead atoms. The van der Waals surface area contributed by atoms with Crippen LogP contribution in [-0.2, 0) is 9.53 Å². The van der Waals surface area contributed by atoms with E-state index >= 15 is 0 Å². The number of halogens is 1. The van der Waals surface area contributed by atoms with Gasteiger partial charge in [-0.15, -0.1) is 0 Å². The molecule has 1 rings (SSSR count). The van der Waals surface area contributed by atoms with E-state index in [1.165, 1.54) is 0 Å². The maximum absolute atomic E-state index is 12.1. The zero-order valence-corrected chi connectivity index (χ0v) is 17.8. The molecule has 0 aliphatic rings. The molecule has 0 aromatic heterocycles. The number of carbonyl (C=O) groups is 1. The predicted octanol–water partition coefficient (Wildman–Crippen LogP) is 3.59. The minimum atomic E-state index is -0.0973. The lowest BCUT2D eigenvalue weighted by atomic mass is 10.0. The van der Waals surface area contributed by atoms with Crippen molar-refractivity contribution in [2.24, 2.45) is 10.9 Å². The van der Waals surface area contributed by atoms with E-state index in [9.17, 15) is 4.79 Å². The lowest BCUT2D eigenvalue weighted by Gasteiger charge is -2.21. The van der Waals surface area contributed by atoms with Crippen LogP contribution in [0, 0.1) is 12.8 Å². The average Bonchev–Trinajstić information content (AvgIpc) is 2.61. The van der Waals surface area contributed by atoms with Gasteiger partial charge in [-0.05, 0) is 43.9 Å². The summed E-state index contributed by atoms with van der Waals surface area (Å²) < 4.78 is 5.74. The maximum atomic E-state index is 12.1. The van der Waals surface area contributed by atoms with Crippen LogP contribution in [0.2, 0.25) is 5.02 Å². The van der Waals surface area contributed by atoms with Crippen LogP contribution in [0.15, 0.2) is 23.2 Å². The lowest BCUT2D eigenvalue weighted by molar-refractivity contribution is -0.116. The highest BCUT2D eigenvalue weighted by molar-refractivity contribution is 6.33. The van der Waals surface area contributed by atoms with E-state index in [1.807, 2.05) is 32.0 Å². The van der Waals surface area contributed by atoms with Gasteiger partial charge in [0, 0.05) is 33.2 Å². The van der Waals surface area contributed by atoms with Gasteiger partial charge in [0.15, 0.2) is 5.96 Å². The summed E-state index contributed by atoms with van der Waals surface area (Å²) in [6.07, 6.45) is 1.45. The van der Waals surface area contributed by atoms with Crippen molar-refractivity contribution in [1.82, 2.24) is 10.6 Å². The molecule has 7 heteroatoms. The van der Waals surface area contributed by atoms with E-state index in [0.717, 1.165) is 25.1 Å². The van der Waals surface area contributed by atoms with Crippen LogP contribution in [0.3, 0.4) is 0 Å². The molecule has 1 aromatic carbocycles. The highest BCUT2D eigenvalue weighted by atomic mass is 35.5. The minimum absolute atomic E-state index is 0.0973. The summed E-state index contributed by atoms with van der Waals surface area (Å²) in [6.45, 7) is 10.2. The second-order valence-electron chi connectivity index (χ2n) is 6.73. The van der Waals surface area contributed by atoms with Gasteiger partial charge < -0.3 is 20.7 Å². The van der Waals surface area contributed by atoms with Crippen LogP contribution < -0.4 is 16.0 Å². The van der Waals surface area contributed by atoms with Crippen LogP contribution in [0.25, 0.3) is 0 Å². The van der Waals surface area contributed by atoms with Crippen LogP contribution in [0.4, 0.5) is 5.69 Å². The van der Waals surface area contributed by atoms with Crippen LogP contribution in [0.5, 0.6) is 0 Å². The van der Waals surface area contributed by atoms with Crippen LogP contribution >= 0.6 is 11.6 Å². The zero-order valence-electron chi connectivity index (χ0n) is 17.1. The van der Waals surface area contributed by atoms with E-state index in [2.05, 4.69) is 34.8 Å². The highest BCUT2D eigenvalue weighted by Crippen LogP contribution is 2.22. The number of hydrogen-bond acceptors (Lipinski definition) is 3. The Kier molecular flexibility index (Phi) is 10.8.